The molecule has 1 aromatic heterocycles. The van der Waals surface area contributed by atoms with Crippen molar-refractivity contribution in [3.05, 3.63) is 65.4 Å². The van der Waals surface area contributed by atoms with Gasteiger partial charge < -0.3 is 15.7 Å². The van der Waals surface area contributed by atoms with Crippen LogP contribution >= 0.6 is 0 Å². The zero-order valence-electron chi connectivity index (χ0n) is 17.7. The van der Waals surface area contributed by atoms with Gasteiger partial charge in [-0.1, -0.05) is 35.6 Å². The van der Waals surface area contributed by atoms with E-state index in [4.69, 9.17) is 20.5 Å². The molecule has 0 aliphatic carbocycles. The van der Waals surface area contributed by atoms with E-state index in [-0.39, 0.29) is 6.42 Å². The number of nitrogen functional groups attached to an aromatic ring is 1. The maximum Gasteiger partial charge on any atom is 0.490 e. The Bertz CT molecular complexity index is 1280. The molecular weight excluding hydrogens is 457 g/mol. The van der Waals surface area contributed by atoms with E-state index in [0.29, 0.717) is 23.2 Å². The summed E-state index contributed by atoms with van der Waals surface area (Å²) in [5.41, 5.74) is 9.68. The van der Waals surface area contributed by atoms with E-state index in [1.165, 1.54) is 0 Å². The highest BCUT2D eigenvalue weighted by atomic mass is 19.4. The van der Waals surface area contributed by atoms with Crippen molar-refractivity contribution in [1.29, 1.82) is 0 Å². The number of carboxylic acids is 1. The largest absolute Gasteiger partial charge is 0.490 e. The smallest absolute Gasteiger partial charge is 0.475 e. The van der Waals surface area contributed by atoms with Crippen molar-refractivity contribution in [1.82, 2.24) is 10.2 Å². The molecule has 3 aromatic rings. The lowest BCUT2D eigenvalue weighted by atomic mass is 9.93. The quantitative estimate of drug-likeness (QED) is 0.475. The number of fused-ring (bicyclic) bond motifs is 2. The Hall–Kier alpha value is -4.19. The van der Waals surface area contributed by atoms with Crippen molar-refractivity contribution >= 4 is 39.8 Å². The zero-order chi connectivity index (χ0) is 25.0. The highest BCUT2D eigenvalue weighted by Crippen LogP contribution is 2.35. The van der Waals surface area contributed by atoms with Crippen LogP contribution in [0.4, 0.5) is 24.7 Å². The first-order valence-electron chi connectivity index (χ1n) is 9.81. The zero-order valence-corrected chi connectivity index (χ0v) is 17.7. The maximum absolute atomic E-state index is 11.8. The molecular formula is C22H19F3N4O5. The molecule has 1 aliphatic heterocycles. The van der Waals surface area contributed by atoms with Crippen molar-refractivity contribution in [2.75, 3.05) is 11.0 Å². The minimum absolute atomic E-state index is 0.166. The molecule has 12 heteroatoms. The first-order chi connectivity index (χ1) is 16.0. The van der Waals surface area contributed by atoms with Gasteiger partial charge in [0.05, 0.1) is 12.1 Å². The molecule has 0 atom stereocenters. The highest BCUT2D eigenvalue weighted by molar-refractivity contribution is 5.96. The number of benzene rings is 2. The lowest BCUT2D eigenvalue weighted by Crippen LogP contribution is -2.23. The second kappa shape index (κ2) is 9.75. The summed E-state index contributed by atoms with van der Waals surface area (Å²) in [6.45, 7) is 1.88. The van der Waals surface area contributed by atoms with Gasteiger partial charge in [0.25, 0.3) is 0 Å². The summed E-state index contributed by atoms with van der Waals surface area (Å²) >= 11 is 0. The Morgan fingerprint density at radius 1 is 1.15 bits per heavy atom. The van der Waals surface area contributed by atoms with Crippen LogP contribution in [0.25, 0.3) is 16.3 Å². The van der Waals surface area contributed by atoms with E-state index in [0.717, 1.165) is 33.2 Å². The van der Waals surface area contributed by atoms with Gasteiger partial charge in [0.2, 0.25) is 0 Å². The number of carboxylic acid groups (broad SMARTS) is 1. The summed E-state index contributed by atoms with van der Waals surface area (Å²) in [6, 6.07) is 13.1. The van der Waals surface area contributed by atoms with Gasteiger partial charge in [0.1, 0.15) is 5.69 Å². The second-order valence-electron chi connectivity index (χ2n) is 7.14. The number of carbonyl (C=O) groups excluding carboxylic acids is 1. The molecule has 0 unspecified atom stereocenters. The number of allylic oxidation sites excluding steroid dienone is 1. The fourth-order valence-electron chi connectivity index (χ4n) is 3.25. The van der Waals surface area contributed by atoms with Crippen LogP contribution in [0.15, 0.2) is 48.5 Å². The average molecular weight is 476 g/mol. The molecule has 2 aromatic carbocycles. The standard InChI is InChI=1S/C20H18N4O3.C2HF3O2/c1-12-17-11-13(9-10-16(17)20(21)23-22-12)14-6-4-8-19(25)27-24(26)18-7-3-2-5-15(14)18;3-2(4,5)1(6)7/h2-3,5-7,9-11,26H,4,8H2,1H3,(H2,21,23);(H,6,7). The molecule has 0 radical (unpaired) electrons. The van der Waals surface area contributed by atoms with Gasteiger partial charge in [-0.2, -0.15) is 18.3 Å². The Labute approximate surface area is 190 Å². The maximum atomic E-state index is 11.8. The van der Waals surface area contributed by atoms with E-state index in [1.807, 2.05) is 43.3 Å². The number of para-hydroxylation sites is 1. The molecule has 0 saturated heterocycles. The van der Waals surface area contributed by atoms with Gasteiger partial charge >= 0.3 is 18.1 Å². The number of aliphatic carboxylic acids is 1. The molecule has 1 aliphatic rings. The first kappa shape index (κ1) is 24.5. The van der Waals surface area contributed by atoms with Crippen LogP contribution in [-0.4, -0.2) is 38.6 Å². The van der Waals surface area contributed by atoms with Crippen LogP contribution < -0.4 is 11.0 Å². The molecule has 34 heavy (non-hydrogen) atoms. The van der Waals surface area contributed by atoms with Gasteiger partial charge in [-0.3, -0.25) is 5.21 Å². The Balaban J connectivity index is 0.000000406. The normalized spacial score (nSPS) is 14.0. The van der Waals surface area contributed by atoms with Crippen LogP contribution in [0.2, 0.25) is 0 Å². The van der Waals surface area contributed by atoms with Crippen molar-refractivity contribution in [3.8, 4) is 0 Å². The van der Waals surface area contributed by atoms with E-state index < -0.39 is 18.1 Å². The highest BCUT2D eigenvalue weighted by Gasteiger charge is 2.38. The fourth-order valence-corrected chi connectivity index (χ4v) is 3.25. The average Bonchev–Trinajstić information content (AvgIpc) is 2.84. The Kier molecular flexibility index (Phi) is 7.01. The molecule has 178 valence electrons. The third-order valence-electron chi connectivity index (χ3n) is 4.83. The lowest BCUT2D eigenvalue weighted by Gasteiger charge is -2.19. The van der Waals surface area contributed by atoms with Gasteiger partial charge in [0, 0.05) is 16.3 Å². The van der Waals surface area contributed by atoms with E-state index in [1.54, 1.807) is 12.1 Å². The molecule has 0 amide bonds. The van der Waals surface area contributed by atoms with Crippen LogP contribution in [0.5, 0.6) is 0 Å². The lowest BCUT2D eigenvalue weighted by molar-refractivity contribution is -0.192. The molecule has 9 nitrogen and oxygen atoms in total. The predicted molar refractivity (Wildman–Crippen MR) is 115 cm³/mol. The number of hydrogen-bond acceptors (Lipinski definition) is 8. The topological polar surface area (TPSA) is 139 Å². The Morgan fingerprint density at radius 2 is 1.82 bits per heavy atom. The summed E-state index contributed by atoms with van der Waals surface area (Å²) in [4.78, 5) is 25.7. The van der Waals surface area contributed by atoms with Gasteiger partial charge in [-0.05, 0) is 42.7 Å². The molecule has 4 rings (SSSR count). The molecule has 2 heterocycles. The van der Waals surface area contributed by atoms with Gasteiger partial charge in [-0.15, -0.1) is 5.10 Å². The van der Waals surface area contributed by atoms with Crippen molar-refractivity contribution in [2.45, 2.75) is 25.9 Å². The molecule has 4 N–H and O–H groups in total. The van der Waals surface area contributed by atoms with Gasteiger partial charge in [-0.25, -0.2) is 9.59 Å². The number of rotatable bonds is 1. The summed E-state index contributed by atoms with van der Waals surface area (Å²) in [6.07, 6.45) is -2.45. The number of aryl methyl sites for hydroxylation is 1. The SMILES string of the molecule is Cc1nnc(N)c2ccc(C3=CCCC(=O)ON(O)c4ccccc43)cc12.O=C(O)C(F)(F)F. The number of hydrogen-bond donors (Lipinski definition) is 3. The number of alkyl halides is 3. The van der Waals surface area contributed by atoms with E-state index >= 15 is 0 Å². The van der Waals surface area contributed by atoms with Crippen molar-refractivity contribution in [2.24, 2.45) is 0 Å². The fraction of sp³-hybridized carbons (Fsp3) is 0.182. The Morgan fingerprint density at radius 3 is 2.50 bits per heavy atom. The minimum atomic E-state index is -5.08. The van der Waals surface area contributed by atoms with Crippen molar-refractivity contribution in [3.63, 3.8) is 0 Å². The number of aromatic nitrogens is 2. The van der Waals surface area contributed by atoms with Crippen LogP contribution in [0, 0.1) is 6.92 Å². The molecule has 0 bridgehead atoms. The van der Waals surface area contributed by atoms with E-state index in [2.05, 4.69) is 10.2 Å². The summed E-state index contributed by atoms with van der Waals surface area (Å²) in [5.74, 6) is -2.87. The van der Waals surface area contributed by atoms with Crippen LogP contribution in [0.1, 0.15) is 29.7 Å². The third kappa shape index (κ3) is 5.41. The number of halogens is 3. The molecule has 0 spiro atoms. The number of nitrogens with two attached hydrogens (primary N) is 1. The predicted octanol–water partition coefficient (Wildman–Crippen LogP) is 4.03. The third-order valence-corrected chi connectivity index (χ3v) is 4.83. The van der Waals surface area contributed by atoms with E-state index in [9.17, 15) is 23.2 Å². The minimum Gasteiger partial charge on any atom is -0.475 e. The second-order valence-corrected chi connectivity index (χ2v) is 7.14. The van der Waals surface area contributed by atoms with Crippen molar-refractivity contribution < 1.29 is 37.9 Å². The first-order valence-corrected chi connectivity index (χ1v) is 9.81. The van der Waals surface area contributed by atoms with Crippen LogP contribution in [-0.2, 0) is 14.4 Å². The summed E-state index contributed by atoms with van der Waals surface area (Å²) < 4.78 is 31.7. The summed E-state index contributed by atoms with van der Waals surface area (Å²) in [7, 11) is 0. The van der Waals surface area contributed by atoms with Crippen LogP contribution in [0.3, 0.4) is 0 Å². The number of anilines is 2. The number of nitrogens with zero attached hydrogens (tertiary/aromatic N) is 3. The van der Waals surface area contributed by atoms with Gasteiger partial charge in [0.15, 0.2) is 5.82 Å². The summed E-state index contributed by atoms with van der Waals surface area (Å²) in [5, 5.41) is 27.7. The monoisotopic (exact) mass is 476 g/mol. The molecule has 0 fully saturated rings. The number of carbonyl (C=O) groups is 2. The molecule has 0 saturated carbocycles.